The summed E-state index contributed by atoms with van der Waals surface area (Å²) < 4.78 is 5.69. The lowest BCUT2D eigenvalue weighted by Crippen LogP contribution is -2.52. The molecule has 3 unspecified atom stereocenters. The lowest BCUT2D eigenvalue weighted by atomic mass is 9.87. The van der Waals surface area contributed by atoms with Crippen molar-refractivity contribution in [3.05, 3.63) is 0 Å². The summed E-state index contributed by atoms with van der Waals surface area (Å²) in [5.41, 5.74) is 0.0322. The van der Waals surface area contributed by atoms with E-state index < -0.39 is 0 Å². The second-order valence-electron chi connectivity index (χ2n) is 5.46. The highest BCUT2D eigenvalue weighted by molar-refractivity contribution is 4.84. The number of nitrogens with zero attached hydrogens (tertiary/aromatic N) is 1. The number of hydrogen-bond donors (Lipinski definition) is 1. The molecule has 0 aliphatic carbocycles. The molecular formula is C13H27NO2. The van der Waals surface area contributed by atoms with Crippen LogP contribution in [0.4, 0.5) is 0 Å². The van der Waals surface area contributed by atoms with Crippen LogP contribution < -0.4 is 0 Å². The molecule has 1 fully saturated rings. The van der Waals surface area contributed by atoms with Gasteiger partial charge in [-0.3, -0.25) is 4.90 Å². The lowest BCUT2D eigenvalue weighted by Gasteiger charge is -2.42. The molecule has 3 nitrogen and oxygen atoms in total. The van der Waals surface area contributed by atoms with Gasteiger partial charge < -0.3 is 9.84 Å². The average molecular weight is 229 g/mol. The fourth-order valence-electron chi connectivity index (χ4n) is 2.25. The largest absolute Gasteiger partial charge is 0.396 e. The average Bonchev–Trinajstić information content (AvgIpc) is 2.29. The van der Waals surface area contributed by atoms with Gasteiger partial charge in [0.15, 0.2) is 0 Å². The number of ether oxygens (including phenoxy) is 1. The van der Waals surface area contributed by atoms with Crippen LogP contribution in [0.2, 0.25) is 0 Å². The molecule has 0 bridgehead atoms. The second kappa shape index (κ2) is 5.99. The molecule has 3 atom stereocenters. The van der Waals surface area contributed by atoms with E-state index in [0.717, 1.165) is 32.5 Å². The third kappa shape index (κ3) is 3.44. The Morgan fingerprint density at radius 1 is 1.44 bits per heavy atom. The molecule has 1 saturated heterocycles. The van der Waals surface area contributed by atoms with E-state index in [4.69, 9.17) is 4.74 Å². The summed E-state index contributed by atoms with van der Waals surface area (Å²) in [6.45, 7) is 11.7. The van der Waals surface area contributed by atoms with Gasteiger partial charge in [0.1, 0.15) is 0 Å². The molecule has 1 N–H and O–H groups in total. The predicted molar refractivity (Wildman–Crippen MR) is 66.5 cm³/mol. The fourth-order valence-corrected chi connectivity index (χ4v) is 2.25. The molecule has 1 heterocycles. The summed E-state index contributed by atoms with van der Waals surface area (Å²) in [5, 5.41) is 9.48. The highest BCUT2D eigenvalue weighted by Gasteiger charge is 2.31. The van der Waals surface area contributed by atoms with E-state index in [1.54, 1.807) is 0 Å². The van der Waals surface area contributed by atoms with Gasteiger partial charge in [-0.25, -0.2) is 0 Å². The molecule has 16 heavy (non-hydrogen) atoms. The first-order valence-electron chi connectivity index (χ1n) is 6.51. The highest BCUT2D eigenvalue weighted by atomic mass is 16.5. The Hall–Kier alpha value is -0.120. The van der Waals surface area contributed by atoms with E-state index in [1.807, 2.05) is 0 Å². The first kappa shape index (κ1) is 13.9. The van der Waals surface area contributed by atoms with Crippen molar-refractivity contribution in [1.82, 2.24) is 4.90 Å². The minimum Gasteiger partial charge on any atom is -0.396 e. The topological polar surface area (TPSA) is 32.7 Å². The van der Waals surface area contributed by atoms with Crippen molar-refractivity contribution in [1.29, 1.82) is 0 Å². The first-order valence-corrected chi connectivity index (χ1v) is 6.51. The zero-order valence-electron chi connectivity index (χ0n) is 11.2. The maximum absolute atomic E-state index is 9.48. The third-order valence-corrected chi connectivity index (χ3v) is 3.87. The maximum Gasteiger partial charge on any atom is 0.0674 e. The second-order valence-corrected chi connectivity index (χ2v) is 5.46. The molecule has 0 aromatic carbocycles. The van der Waals surface area contributed by atoms with Crippen LogP contribution in [0.15, 0.2) is 0 Å². The molecule has 1 aliphatic heterocycles. The Kier molecular flexibility index (Phi) is 5.22. The van der Waals surface area contributed by atoms with Crippen LogP contribution in [0.3, 0.4) is 0 Å². The summed E-state index contributed by atoms with van der Waals surface area (Å²) in [7, 11) is 0. The Labute approximate surface area is 99.8 Å². The zero-order valence-corrected chi connectivity index (χ0v) is 11.2. The van der Waals surface area contributed by atoms with Crippen LogP contribution >= 0.6 is 0 Å². The fraction of sp³-hybridized carbons (Fsp3) is 1.00. The molecule has 0 aromatic rings. The molecular weight excluding hydrogens is 202 g/mol. The van der Waals surface area contributed by atoms with Crippen LogP contribution in [0, 0.1) is 5.41 Å². The maximum atomic E-state index is 9.48. The quantitative estimate of drug-likeness (QED) is 0.781. The van der Waals surface area contributed by atoms with E-state index in [0.29, 0.717) is 12.1 Å². The van der Waals surface area contributed by atoms with Crippen molar-refractivity contribution < 1.29 is 9.84 Å². The number of aliphatic hydroxyl groups excluding tert-OH is 1. The number of rotatable bonds is 5. The first-order chi connectivity index (χ1) is 7.54. The van der Waals surface area contributed by atoms with Gasteiger partial charge in [0.25, 0.3) is 0 Å². The minimum absolute atomic E-state index is 0.0322. The van der Waals surface area contributed by atoms with Crippen molar-refractivity contribution >= 4 is 0 Å². The van der Waals surface area contributed by atoms with Crippen LogP contribution in [-0.2, 0) is 4.74 Å². The predicted octanol–water partition coefficient (Wildman–Crippen LogP) is 1.89. The summed E-state index contributed by atoms with van der Waals surface area (Å²) in [6, 6.07) is 0.522. The van der Waals surface area contributed by atoms with Crippen LogP contribution in [0.5, 0.6) is 0 Å². The van der Waals surface area contributed by atoms with Gasteiger partial charge in [-0.1, -0.05) is 20.8 Å². The van der Waals surface area contributed by atoms with Gasteiger partial charge in [0.2, 0.25) is 0 Å². The van der Waals surface area contributed by atoms with Gasteiger partial charge in [0.05, 0.1) is 12.7 Å². The van der Waals surface area contributed by atoms with Crippen molar-refractivity contribution in [3.63, 3.8) is 0 Å². The van der Waals surface area contributed by atoms with E-state index in [1.165, 1.54) is 0 Å². The van der Waals surface area contributed by atoms with Crippen molar-refractivity contribution in [2.24, 2.45) is 5.41 Å². The van der Waals surface area contributed by atoms with Crippen LogP contribution in [0.1, 0.15) is 40.5 Å². The molecule has 0 spiro atoms. The van der Waals surface area contributed by atoms with Gasteiger partial charge in [-0.2, -0.15) is 0 Å². The normalized spacial score (nSPS) is 31.3. The minimum atomic E-state index is 0.0322. The van der Waals surface area contributed by atoms with E-state index in [-0.39, 0.29) is 12.0 Å². The molecule has 96 valence electrons. The van der Waals surface area contributed by atoms with Crippen molar-refractivity contribution in [3.8, 4) is 0 Å². The van der Waals surface area contributed by atoms with Crippen LogP contribution in [-0.4, -0.2) is 48.5 Å². The highest BCUT2D eigenvalue weighted by Crippen LogP contribution is 2.25. The Morgan fingerprint density at radius 3 is 2.62 bits per heavy atom. The Bertz CT molecular complexity index is 204. The lowest BCUT2D eigenvalue weighted by molar-refractivity contribution is -0.0730. The SMILES string of the molecule is CCC1COC(C)CN1CC(C)(CC)CO. The summed E-state index contributed by atoms with van der Waals surface area (Å²) in [4.78, 5) is 2.49. The molecule has 0 saturated carbocycles. The molecule has 1 aliphatic rings. The van der Waals surface area contributed by atoms with Crippen LogP contribution in [0.25, 0.3) is 0 Å². The molecule has 0 radical (unpaired) electrons. The van der Waals surface area contributed by atoms with Crippen molar-refractivity contribution in [2.45, 2.75) is 52.7 Å². The summed E-state index contributed by atoms with van der Waals surface area (Å²) in [6.07, 6.45) is 2.46. The number of hydrogen-bond acceptors (Lipinski definition) is 3. The van der Waals surface area contributed by atoms with Gasteiger partial charge >= 0.3 is 0 Å². The Balaban J connectivity index is 2.61. The van der Waals surface area contributed by atoms with Gasteiger partial charge in [0, 0.05) is 31.2 Å². The molecule has 0 amide bonds. The van der Waals surface area contributed by atoms with E-state index in [9.17, 15) is 5.11 Å². The smallest absolute Gasteiger partial charge is 0.0674 e. The van der Waals surface area contributed by atoms with Crippen molar-refractivity contribution in [2.75, 3.05) is 26.3 Å². The molecule has 3 heteroatoms. The standard InChI is InChI=1S/C13H27NO2/c1-5-12-8-16-11(3)7-14(12)9-13(4,6-2)10-15/h11-12,15H,5-10H2,1-4H3. The summed E-state index contributed by atoms with van der Waals surface area (Å²) in [5.74, 6) is 0. The zero-order chi connectivity index (χ0) is 12.2. The Morgan fingerprint density at radius 2 is 2.12 bits per heavy atom. The van der Waals surface area contributed by atoms with Gasteiger partial charge in [-0.15, -0.1) is 0 Å². The third-order valence-electron chi connectivity index (χ3n) is 3.87. The molecule has 0 aromatic heterocycles. The number of aliphatic hydroxyl groups is 1. The van der Waals surface area contributed by atoms with Gasteiger partial charge in [-0.05, 0) is 19.8 Å². The summed E-state index contributed by atoms with van der Waals surface area (Å²) >= 11 is 0. The number of morpholine rings is 1. The molecule has 1 rings (SSSR count). The van der Waals surface area contributed by atoms with E-state index in [2.05, 4.69) is 32.6 Å². The van der Waals surface area contributed by atoms with E-state index >= 15 is 0 Å². The monoisotopic (exact) mass is 229 g/mol.